The van der Waals surface area contributed by atoms with Crippen molar-refractivity contribution >= 4 is 34.0 Å². The molecule has 0 aliphatic carbocycles. The maximum Gasteiger partial charge on any atom is 0.231 e. The summed E-state index contributed by atoms with van der Waals surface area (Å²) in [6.07, 6.45) is 1.98. The lowest BCUT2D eigenvalue weighted by atomic mass is 9.93. The number of nitrogens with zero attached hydrogens (tertiary/aromatic N) is 3. The molecule has 1 aromatic heterocycles. The van der Waals surface area contributed by atoms with Gasteiger partial charge in [0.2, 0.25) is 16.9 Å². The van der Waals surface area contributed by atoms with Crippen molar-refractivity contribution < 1.29 is 9.59 Å². The zero-order chi connectivity index (χ0) is 19.6. The van der Waals surface area contributed by atoms with Gasteiger partial charge in [-0.1, -0.05) is 51.2 Å². The summed E-state index contributed by atoms with van der Waals surface area (Å²) in [4.78, 5) is 26.6. The summed E-state index contributed by atoms with van der Waals surface area (Å²) in [6, 6.07) is 7.93. The van der Waals surface area contributed by atoms with Crippen LogP contribution in [0.4, 0.5) is 10.8 Å². The lowest BCUT2D eigenvalue weighted by Gasteiger charge is -2.17. The van der Waals surface area contributed by atoms with Crippen LogP contribution in [0, 0.1) is 11.3 Å². The molecule has 0 unspecified atom stereocenters. The maximum absolute atomic E-state index is 12.6. The summed E-state index contributed by atoms with van der Waals surface area (Å²) in [5.41, 5.74) is 2.19. The van der Waals surface area contributed by atoms with E-state index in [1.165, 1.54) is 16.9 Å². The fourth-order valence-corrected chi connectivity index (χ4v) is 4.12. The molecular weight excluding hydrogens is 360 g/mol. The Morgan fingerprint density at radius 2 is 1.96 bits per heavy atom. The monoisotopic (exact) mass is 386 g/mol. The third-order valence-electron chi connectivity index (χ3n) is 4.53. The van der Waals surface area contributed by atoms with E-state index in [0.717, 1.165) is 23.5 Å². The van der Waals surface area contributed by atoms with Crippen LogP contribution < -0.4 is 10.2 Å². The van der Waals surface area contributed by atoms with Crippen molar-refractivity contribution in [2.45, 2.75) is 47.0 Å². The van der Waals surface area contributed by atoms with E-state index in [2.05, 4.69) is 43.2 Å². The van der Waals surface area contributed by atoms with Crippen LogP contribution in [-0.2, 0) is 22.4 Å². The number of carbonyl (C=O) groups excluding carboxylic acids is 2. The van der Waals surface area contributed by atoms with E-state index in [1.54, 1.807) is 4.90 Å². The summed E-state index contributed by atoms with van der Waals surface area (Å²) >= 11 is 1.40. The Labute approximate surface area is 164 Å². The Balaban J connectivity index is 1.62. The Morgan fingerprint density at radius 1 is 1.26 bits per heavy atom. The van der Waals surface area contributed by atoms with E-state index in [1.807, 2.05) is 24.3 Å². The standard InChI is InChI=1S/C20H26N4O2S/c1-5-13-6-8-15(9-7-13)24-12-14(10-17(24)25)18(26)21-19-23-22-16(27-19)11-20(2,3)4/h6-9,14H,5,10-12H2,1-4H3,(H,21,23,26)/t14-/m1/s1. The highest BCUT2D eigenvalue weighted by Crippen LogP contribution is 2.28. The minimum absolute atomic E-state index is 0.0231. The predicted molar refractivity (Wildman–Crippen MR) is 108 cm³/mol. The molecule has 0 bridgehead atoms. The zero-order valence-electron chi connectivity index (χ0n) is 16.3. The van der Waals surface area contributed by atoms with Gasteiger partial charge in [-0.15, -0.1) is 10.2 Å². The molecule has 6 nitrogen and oxygen atoms in total. The number of aryl methyl sites for hydroxylation is 1. The summed E-state index contributed by atoms with van der Waals surface area (Å²) in [6.45, 7) is 8.90. The molecule has 1 saturated heterocycles. The van der Waals surface area contributed by atoms with Gasteiger partial charge in [0.05, 0.1) is 5.92 Å². The number of amides is 2. The van der Waals surface area contributed by atoms with Crippen LogP contribution in [0.1, 0.15) is 44.7 Å². The van der Waals surface area contributed by atoms with E-state index in [0.29, 0.717) is 11.7 Å². The molecule has 3 rings (SSSR count). The van der Waals surface area contributed by atoms with Crippen LogP contribution in [0.5, 0.6) is 0 Å². The van der Waals surface area contributed by atoms with Crippen LogP contribution in [0.3, 0.4) is 0 Å². The first kappa shape index (κ1) is 19.5. The fraction of sp³-hybridized carbons (Fsp3) is 0.500. The zero-order valence-corrected chi connectivity index (χ0v) is 17.1. The molecule has 1 N–H and O–H groups in total. The van der Waals surface area contributed by atoms with E-state index < -0.39 is 0 Å². The normalized spacial score (nSPS) is 17.4. The van der Waals surface area contributed by atoms with Crippen molar-refractivity contribution in [1.82, 2.24) is 10.2 Å². The van der Waals surface area contributed by atoms with Gasteiger partial charge in [0.25, 0.3) is 0 Å². The molecular formula is C20H26N4O2S. The van der Waals surface area contributed by atoms with Gasteiger partial charge < -0.3 is 10.2 Å². The number of carbonyl (C=O) groups is 2. The van der Waals surface area contributed by atoms with Crippen molar-refractivity contribution in [2.75, 3.05) is 16.8 Å². The lowest BCUT2D eigenvalue weighted by molar-refractivity contribution is -0.122. The van der Waals surface area contributed by atoms with Crippen LogP contribution in [0.15, 0.2) is 24.3 Å². The van der Waals surface area contributed by atoms with E-state index in [4.69, 9.17) is 0 Å². The predicted octanol–water partition coefficient (Wildman–Crippen LogP) is 3.68. The van der Waals surface area contributed by atoms with Gasteiger partial charge in [-0.05, 0) is 29.5 Å². The van der Waals surface area contributed by atoms with Crippen LogP contribution in [-0.4, -0.2) is 28.6 Å². The molecule has 0 radical (unpaired) electrons. The molecule has 1 aliphatic rings. The van der Waals surface area contributed by atoms with E-state index in [9.17, 15) is 9.59 Å². The van der Waals surface area contributed by atoms with Gasteiger partial charge in [0, 0.05) is 25.1 Å². The number of anilines is 2. The summed E-state index contributed by atoms with van der Waals surface area (Å²) < 4.78 is 0. The molecule has 2 aromatic rings. The van der Waals surface area contributed by atoms with Gasteiger partial charge in [0.1, 0.15) is 5.01 Å². The molecule has 1 atom stereocenters. The molecule has 27 heavy (non-hydrogen) atoms. The lowest BCUT2D eigenvalue weighted by Crippen LogP contribution is -2.28. The van der Waals surface area contributed by atoms with Crippen molar-refractivity contribution in [3.63, 3.8) is 0 Å². The van der Waals surface area contributed by atoms with Crippen molar-refractivity contribution in [1.29, 1.82) is 0 Å². The number of benzene rings is 1. The third kappa shape index (κ3) is 4.91. The minimum Gasteiger partial charge on any atom is -0.312 e. The Morgan fingerprint density at radius 3 is 2.59 bits per heavy atom. The average molecular weight is 387 g/mol. The highest BCUT2D eigenvalue weighted by Gasteiger charge is 2.35. The van der Waals surface area contributed by atoms with E-state index >= 15 is 0 Å². The largest absolute Gasteiger partial charge is 0.312 e. The van der Waals surface area contributed by atoms with Gasteiger partial charge in [-0.3, -0.25) is 9.59 Å². The number of rotatable bonds is 5. The SMILES string of the molecule is CCc1ccc(N2C[C@H](C(=O)Nc3nnc(CC(C)(C)C)s3)CC2=O)cc1. The second-order valence-electron chi connectivity index (χ2n) is 8.15. The first-order valence-corrected chi connectivity index (χ1v) is 10.1. The second-order valence-corrected chi connectivity index (χ2v) is 9.22. The molecule has 7 heteroatoms. The van der Waals surface area contributed by atoms with Gasteiger partial charge >= 0.3 is 0 Å². The summed E-state index contributed by atoms with van der Waals surface area (Å²) in [5.74, 6) is -0.571. The quantitative estimate of drug-likeness (QED) is 0.850. The summed E-state index contributed by atoms with van der Waals surface area (Å²) in [5, 5.41) is 12.4. The van der Waals surface area contributed by atoms with Crippen LogP contribution in [0.2, 0.25) is 0 Å². The van der Waals surface area contributed by atoms with Crippen LogP contribution >= 0.6 is 11.3 Å². The molecule has 0 saturated carbocycles. The molecule has 1 fully saturated rings. The number of aromatic nitrogens is 2. The smallest absolute Gasteiger partial charge is 0.231 e. The Hall–Kier alpha value is -2.28. The minimum atomic E-state index is -0.377. The van der Waals surface area contributed by atoms with Gasteiger partial charge in [0.15, 0.2) is 0 Å². The first-order valence-electron chi connectivity index (χ1n) is 9.28. The number of hydrogen-bond acceptors (Lipinski definition) is 5. The Bertz CT molecular complexity index is 823. The second kappa shape index (κ2) is 7.76. The Kier molecular flexibility index (Phi) is 5.60. The van der Waals surface area contributed by atoms with Crippen molar-refractivity contribution in [3.05, 3.63) is 34.8 Å². The van der Waals surface area contributed by atoms with Crippen molar-refractivity contribution in [2.24, 2.45) is 11.3 Å². The maximum atomic E-state index is 12.6. The van der Waals surface area contributed by atoms with Gasteiger partial charge in [-0.2, -0.15) is 0 Å². The average Bonchev–Trinajstić information content (AvgIpc) is 3.20. The summed E-state index contributed by atoms with van der Waals surface area (Å²) in [7, 11) is 0. The van der Waals surface area contributed by atoms with Gasteiger partial charge in [-0.25, -0.2) is 0 Å². The molecule has 1 aliphatic heterocycles. The highest BCUT2D eigenvalue weighted by molar-refractivity contribution is 7.15. The molecule has 2 amide bonds. The van der Waals surface area contributed by atoms with E-state index in [-0.39, 0.29) is 29.6 Å². The third-order valence-corrected chi connectivity index (χ3v) is 5.37. The molecule has 1 aromatic carbocycles. The molecule has 0 spiro atoms. The highest BCUT2D eigenvalue weighted by atomic mass is 32.1. The number of hydrogen-bond donors (Lipinski definition) is 1. The van der Waals surface area contributed by atoms with Crippen LogP contribution in [0.25, 0.3) is 0 Å². The number of nitrogens with one attached hydrogen (secondary N) is 1. The topological polar surface area (TPSA) is 75.2 Å². The fourth-order valence-electron chi connectivity index (χ4n) is 3.08. The molecule has 144 valence electrons. The van der Waals surface area contributed by atoms with Crippen molar-refractivity contribution in [3.8, 4) is 0 Å². The molecule has 2 heterocycles. The first-order chi connectivity index (χ1) is 12.7.